The Bertz CT molecular complexity index is 1530. The van der Waals surface area contributed by atoms with Gasteiger partial charge < -0.3 is 11.8 Å². The number of aliphatic carboxylic acids is 1. The van der Waals surface area contributed by atoms with E-state index in [4.69, 9.17) is 0 Å². The smallest absolute Gasteiger partial charge is 1.00 e. The van der Waals surface area contributed by atoms with Gasteiger partial charge >= 0.3 is 24.8 Å². The SMILES string of the molecule is Cc1ccccc1-c1cc(C=Cc2cnc3ccccc3c2)ccc1C(=O)NC(CCS(C)=O)C(=O)O.[H-].[Li+]. The van der Waals surface area contributed by atoms with Gasteiger partial charge in [0.1, 0.15) is 6.04 Å². The average molecular weight is 521 g/mol. The third-order valence-corrected chi connectivity index (χ3v) is 6.91. The Morgan fingerprint density at radius 2 is 1.71 bits per heavy atom. The van der Waals surface area contributed by atoms with Crippen molar-refractivity contribution in [1.29, 1.82) is 0 Å². The van der Waals surface area contributed by atoms with Gasteiger partial charge in [-0.15, -0.1) is 0 Å². The van der Waals surface area contributed by atoms with E-state index in [0.29, 0.717) is 11.1 Å². The number of carbonyl (C=O) groups is 2. The Morgan fingerprint density at radius 3 is 2.45 bits per heavy atom. The summed E-state index contributed by atoms with van der Waals surface area (Å²) in [4.78, 5) is 29.5. The van der Waals surface area contributed by atoms with Gasteiger partial charge in [0.25, 0.3) is 5.91 Å². The van der Waals surface area contributed by atoms with E-state index in [9.17, 15) is 18.9 Å². The summed E-state index contributed by atoms with van der Waals surface area (Å²) in [5.74, 6) is -1.45. The number of hydrogen-bond acceptors (Lipinski definition) is 4. The third-order valence-electron chi connectivity index (χ3n) is 6.10. The first kappa shape index (κ1) is 29.1. The van der Waals surface area contributed by atoms with Crippen molar-refractivity contribution in [2.45, 2.75) is 19.4 Å². The molecule has 1 aromatic heterocycles. The molecule has 0 spiro atoms. The number of hydrogen-bond donors (Lipinski definition) is 2. The van der Waals surface area contributed by atoms with Crippen molar-refractivity contribution >= 4 is 45.7 Å². The number of benzene rings is 3. The number of fused-ring (bicyclic) bond motifs is 1. The number of aryl methyl sites for hydroxylation is 1. The van der Waals surface area contributed by atoms with Gasteiger partial charge in [0.2, 0.25) is 0 Å². The maximum Gasteiger partial charge on any atom is 1.00 e. The van der Waals surface area contributed by atoms with Gasteiger partial charge in [-0.25, -0.2) is 4.79 Å². The molecule has 2 unspecified atom stereocenters. The summed E-state index contributed by atoms with van der Waals surface area (Å²) in [6.07, 6.45) is 7.35. The zero-order valence-electron chi connectivity index (χ0n) is 22.7. The average Bonchev–Trinajstić information content (AvgIpc) is 2.89. The van der Waals surface area contributed by atoms with Crippen molar-refractivity contribution in [3.63, 3.8) is 0 Å². The Morgan fingerprint density at radius 1 is 1.00 bits per heavy atom. The van der Waals surface area contributed by atoms with Crippen LogP contribution in [-0.2, 0) is 15.6 Å². The molecule has 0 aliphatic carbocycles. The molecule has 3 aromatic carbocycles. The molecule has 190 valence electrons. The van der Waals surface area contributed by atoms with Crippen LogP contribution in [0.25, 0.3) is 34.2 Å². The molecule has 6 nitrogen and oxygen atoms in total. The molecular weight excluding hydrogens is 491 g/mol. The Labute approximate surface area is 238 Å². The molecule has 1 amide bonds. The summed E-state index contributed by atoms with van der Waals surface area (Å²) in [5, 5.41) is 13.2. The molecular formula is C30H29LiN2O4S. The summed E-state index contributed by atoms with van der Waals surface area (Å²) >= 11 is 0. The van der Waals surface area contributed by atoms with Crippen LogP contribution in [0.1, 0.15) is 34.9 Å². The van der Waals surface area contributed by atoms with Gasteiger partial charge in [0.15, 0.2) is 0 Å². The number of para-hydroxylation sites is 1. The number of pyridine rings is 1. The van der Waals surface area contributed by atoms with Crippen molar-refractivity contribution < 1.29 is 39.2 Å². The molecule has 0 radical (unpaired) electrons. The molecule has 4 aromatic rings. The van der Waals surface area contributed by atoms with Crippen LogP contribution in [0.5, 0.6) is 0 Å². The zero-order valence-corrected chi connectivity index (χ0v) is 22.5. The summed E-state index contributed by atoms with van der Waals surface area (Å²) < 4.78 is 11.5. The van der Waals surface area contributed by atoms with E-state index in [0.717, 1.165) is 33.2 Å². The first-order valence-corrected chi connectivity index (χ1v) is 13.6. The van der Waals surface area contributed by atoms with E-state index in [1.807, 2.05) is 85.9 Å². The molecule has 0 fully saturated rings. The second-order valence-electron chi connectivity index (χ2n) is 8.84. The number of carbonyl (C=O) groups excluding carboxylic acids is 1. The predicted octanol–water partition coefficient (Wildman–Crippen LogP) is 2.45. The summed E-state index contributed by atoms with van der Waals surface area (Å²) in [6.45, 7) is 1.97. The second-order valence-corrected chi connectivity index (χ2v) is 10.4. The summed E-state index contributed by atoms with van der Waals surface area (Å²) in [7, 11) is -1.16. The fourth-order valence-corrected chi connectivity index (χ4v) is 4.68. The van der Waals surface area contributed by atoms with Crippen LogP contribution in [0.2, 0.25) is 0 Å². The van der Waals surface area contributed by atoms with Gasteiger partial charge in [-0.2, -0.15) is 0 Å². The quantitative estimate of drug-likeness (QED) is 0.331. The molecule has 2 N–H and O–H groups in total. The number of carboxylic acids is 1. The molecule has 0 aliphatic rings. The number of rotatable bonds is 9. The summed E-state index contributed by atoms with van der Waals surface area (Å²) in [6, 6.07) is 22.1. The van der Waals surface area contributed by atoms with Crippen LogP contribution in [0.3, 0.4) is 0 Å². The van der Waals surface area contributed by atoms with Crippen LogP contribution in [-0.4, -0.2) is 44.2 Å². The van der Waals surface area contributed by atoms with E-state index in [1.165, 1.54) is 6.26 Å². The summed E-state index contributed by atoms with van der Waals surface area (Å²) in [5.41, 5.74) is 5.74. The largest absolute Gasteiger partial charge is 1.00 e. The molecule has 0 saturated carbocycles. The van der Waals surface area contributed by atoms with Crippen LogP contribution in [0.15, 0.2) is 79.0 Å². The maximum atomic E-state index is 13.2. The number of carboxylic acid groups (broad SMARTS) is 1. The normalized spacial score (nSPS) is 12.6. The van der Waals surface area contributed by atoms with Crippen LogP contribution in [0, 0.1) is 6.92 Å². The molecule has 2 atom stereocenters. The van der Waals surface area contributed by atoms with Gasteiger partial charge in [-0.1, -0.05) is 60.7 Å². The van der Waals surface area contributed by atoms with Crippen LogP contribution < -0.4 is 24.2 Å². The van der Waals surface area contributed by atoms with Crippen LogP contribution in [0.4, 0.5) is 0 Å². The topological polar surface area (TPSA) is 96.4 Å². The molecule has 0 saturated heterocycles. The Balaban J connectivity index is 0.00000267. The van der Waals surface area contributed by atoms with E-state index < -0.39 is 28.7 Å². The maximum absolute atomic E-state index is 13.2. The van der Waals surface area contributed by atoms with E-state index >= 15 is 0 Å². The van der Waals surface area contributed by atoms with E-state index in [1.54, 1.807) is 6.07 Å². The number of nitrogens with zero attached hydrogens (tertiary/aromatic N) is 1. The van der Waals surface area contributed by atoms with Gasteiger partial charge in [0.05, 0.1) is 5.52 Å². The molecule has 0 aliphatic heterocycles. The van der Waals surface area contributed by atoms with Crippen molar-refractivity contribution in [3.05, 3.63) is 101 Å². The molecule has 0 bridgehead atoms. The first-order valence-electron chi connectivity index (χ1n) is 11.9. The number of amides is 1. The van der Waals surface area contributed by atoms with Crippen molar-refractivity contribution in [2.24, 2.45) is 0 Å². The predicted molar refractivity (Wildman–Crippen MR) is 151 cm³/mol. The minimum absolute atomic E-state index is 0. The Kier molecular flexibility index (Phi) is 10.2. The second kappa shape index (κ2) is 13.3. The fraction of sp³-hybridized carbons (Fsp3) is 0.167. The fourth-order valence-electron chi connectivity index (χ4n) is 4.11. The van der Waals surface area contributed by atoms with Crippen molar-refractivity contribution in [2.75, 3.05) is 12.0 Å². The standard InChI is InChI=1S/C30H28N2O4S.Li.H/c1-20-7-3-5-9-24(20)26-18-21(11-12-22-17-23-8-4-6-10-27(23)31-19-22)13-14-25(26)29(33)32-28(30(34)35)15-16-37(2)36;;/h3-14,17-19,28H,15-16H2,1-2H3,(H,32,33)(H,34,35);;/q;+1;-1. The molecule has 38 heavy (non-hydrogen) atoms. The molecule has 4 rings (SSSR count). The van der Waals surface area contributed by atoms with Crippen molar-refractivity contribution in [3.8, 4) is 11.1 Å². The minimum Gasteiger partial charge on any atom is -1.00 e. The Hall–Kier alpha value is -3.50. The van der Waals surface area contributed by atoms with Gasteiger partial charge in [-0.3, -0.25) is 14.0 Å². The van der Waals surface area contributed by atoms with E-state index in [-0.39, 0.29) is 32.5 Å². The molecule has 1 heterocycles. The van der Waals surface area contributed by atoms with E-state index in [2.05, 4.69) is 16.4 Å². The van der Waals surface area contributed by atoms with Crippen molar-refractivity contribution in [1.82, 2.24) is 10.3 Å². The zero-order chi connectivity index (χ0) is 26.4. The first-order chi connectivity index (χ1) is 17.8. The van der Waals surface area contributed by atoms with Gasteiger partial charge in [0, 0.05) is 40.0 Å². The van der Waals surface area contributed by atoms with Crippen LogP contribution >= 0.6 is 0 Å². The minimum atomic E-state index is -1.16. The van der Waals surface area contributed by atoms with Gasteiger partial charge in [-0.05, 0) is 65.4 Å². The third kappa shape index (κ3) is 7.29. The molecule has 8 heteroatoms. The monoisotopic (exact) mass is 520 g/mol. The number of aromatic nitrogens is 1. The number of nitrogens with one attached hydrogen (secondary N) is 1.